The summed E-state index contributed by atoms with van der Waals surface area (Å²) in [5.41, 5.74) is -0.534. The second kappa shape index (κ2) is 9.97. The standard InChI is InChI=1S/C19H22F2N2O6/c1-11-15(18(26)29-10-9-28-2)17(16-12(20)5-3-6-13(16)21)22-19(27)23(11)8-4-7-14(24)25/h3,5-6,17H,4,7-10H2,1-2H3,(H,22,27)(H,24,25)/p-1/t17-/m1/s1. The van der Waals surface area contributed by atoms with Gasteiger partial charge in [-0.3, -0.25) is 4.90 Å². The quantitative estimate of drug-likeness (QED) is 0.480. The lowest BCUT2D eigenvalue weighted by atomic mass is 9.94. The zero-order chi connectivity index (χ0) is 21.6. The number of amides is 2. The van der Waals surface area contributed by atoms with Crippen LogP contribution in [0.2, 0.25) is 0 Å². The summed E-state index contributed by atoms with van der Waals surface area (Å²) in [5, 5.41) is 13.0. The van der Waals surface area contributed by atoms with E-state index >= 15 is 0 Å². The van der Waals surface area contributed by atoms with E-state index in [2.05, 4.69) is 5.32 Å². The first-order chi connectivity index (χ1) is 13.8. The number of benzene rings is 1. The van der Waals surface area contributed by atoms with Gasteiger partial charge in [0, 0.05) is 25.3 Å². The summed E-state index contributed by atoms with van der Waals surface area (Å²) in [6, 6.07) is 1.07. The van der Waals surface area contributed by atoms with Crippen molar-refractivity contribution >= 4 is 18.0 Å². The van der Waals surface area contributed by atoms with E-state index in [0.29, 0.717) is 0 Å². The minimum atomic E-state index is -1.41. The molecule has 2 amide bonds. The van der Waals surface area contributed by atoms with E-state index in [1.807, 2.05) is 0 Å². The Bertz CT molecular complexity index is 807. The van der Waals surface area contributed by atoms with Crippen molar-refractivity contribution in [3.8, 4) is 0 Å². The van der Waals surface area contributed by atoms with Gasteiger partial charge in [-0.1, -0.05) is 6.07 Å². The molecule has 158 valence electrons. The third-order valence-corrected chi connectivity index (χ3v) is 4.39. The highest BCUT2D eigenvalue weighted by Gasteiger charge is 2.38. The van der Waals surface area contributed by atoms with Gasteiger partial charge in [0.05, 0.1) is 23.8 Å². The molecule has 1 aromatic rings. The van der Waals surface area contributed by atoms with E-state index in [4.69, 9.17) is 9.47 Å². The molecule has 0 saturated heterocycles. The second-order valence-corrected chi connectivity index (χ2v) is 6.27. The van der Waals surface area contributed by atoms with Crippen molar-refractivity contribution in [2.45, 2.75) is 25.8 Å². The Balaban J connectivity index is 2.44. The van der Waals surface area contributed by atoms with Crippen LogP contribution >= 0.6 is 0 Å². The Morgan fingerprint density at radius 3 is 2.48 bits per heavy atom. The predicted molar refractivity (Wildman–Crippen MR) is 94.1 cm³/mol. The molecule has 0 spiro atoms. The van der Waals surface area contributed by atoms with Gasteiger partial charge in [-0.05, 0) is 31.9 Å². The number of rotatable bonds is 9. The molecule has 0 saturated carbocycles. The lowest BCUT2D eigenvalue weighted by Gasteiger charge is -2.35. The number of methoxy groups -OCH3 is 1. The van der Waals surface area contributed by atoms with Crippen molar-refractivity contribution < 1.29 is 37.7 Å². The molecule has 1 heterocycles. The van der Waals surface area contributed by atoms with Crippen LogP contribution in [0.1, 0.15) is 31.4 Å². The molecule has 1 aliphatic heterocycles. The van der Waals surface area contributed by atoms with Gasteiger partial charge >= 0.3 is 12.0 Å². The number of allylic oxidation sites excluding steroid dienone is 1. The lowest BCUT2D eigenvalue weighted by Crippen LogP contribution is -2.49. The van der Waals surface area contributed by atoms with Gasteiger partial charge in [0.2, 0.25) is 0 Å². The Morgan fingerprint density at radius 2 is 1.90 bits per heavy atom. The second-order valence-electron chi connectivity index (χ2n) is 6.27. The first-order valence-corrected chi connectivity index (χ1v) is 8.86. The van der Waals surface area contributed by atoms with Crippen LogP contribution in [0.4, 0.5) is 13.6 Å². The average molecular weight is 411 g/mol. The van der Waals surface area contributed by atoms with E-state index in [1.54, 1.807) is 0 Å². The first-order valence-electron chi connectivity index (χ1n) is 8.86. The smallest absolute Gasteiger partial charge is 0.338 e. The number of hydrogen-bond acceptors (Lipinski definition) is 6. The summed E-state index contributed by atoms with van der Waals surface area (Å²) >= 11 is 0. The van der Waals surface area contributed by atoms with Crippen molar-refractivity contribution in [3.05, 3.63) is 46.7 Å². The predicted octanol–water partition coefficient (Wildman–Crippen LogP) is 1.02. The summed E-state index contributed by atoms with van der Waals surface area (Å²) in [5.74, 6) is -4.03. The third kappa shape index (κ3) is 5.29. The normalized spacial score (nSPS) is 16.6. The van der Waals surface area contributed by atoms with Gasteiger partial charge in [-0.25, -0.2) is 18.4 Å². The number of nitrogens with zero attached hydrogens (tertiary/aromatic N) is 1. The molecule has 1 aromatic carbocycles. The fraction of sp³-hybridized carbons (Fsp3) is 0.421. The molecule has 8 nitrogen and oxygen atoms in total. The average Bonchev–Trinajstić information content (AvgIpc) is 2.64. The SMILES string of the molecule is COCCOC(=O)C1=C(C)N(CCCC(=O)[O-])C(=O)N[C@H]1c1c(F)cccc1F. The Hall–Kier alpha value is -3.01. The monoisotopic (exact) mass is 411 g/mol. The topological polar surface area (TPSA) is 108 Å². The van der Waals surface area contributed by atoms with Gasteiger partial charge in [-0.15, -0.1) is 0 Å². The summed E-state index contributed by atoms with van der Waals surface area (Å²) in [6.07, 6.45) is -0.228. The van der Waals surface area contributed by atoms with Gasteiger partial charge in [0.15, 0.2) is 0 Å². The number of esters is 1. The van der Waals surface area contributed by atoms with Gasteiger partial charge < -0.3 is 24.7 Å². The van der Waals surface area contributed by atoms with Crippen LogP contribution < -0.4 is 10.4 Å². The molecule has 1 N–H and O–H groups in total. The Kier molecular flexibility index (Phi) is 7.66. The van der Waals surface area contributed by atoms with Crippen LogP contribution in [0.3, 0.4) is 0 Å². The van der Waals surface area contributed by atoms with E-state index in [0.717, 1.165) is 23.1 Å². The third-order valence-electron chi connectivity index (χ3n) is 4.39. The molecule has 0 bridgehead atoms. The number of urea groups is 1. The molecular formula is C19H21F2N2O6-. The molecule has 0 fully saturated rings. The highest BCUT2D eigenvalue weighted by atomic mass is 19.1. The molecular weight excluding hydrogens is 390 g/mol. The zero-order valence-electron chi connectivity index (χ0n) is 16.0. The number of aliphatic carboxylic acids is 1. The number of carbonyl (C=O) groups excluding carboxylic acids is 3. The largest absolute Gasteiger partial charge is 0.550 e. The van der Waals surface area contributed by atoms with Crippen molar-refractivity contribution in [2.24, 2.45) is 0 Å². The fourth-order valence-electron chi connectivity index (χ4n) is 2.99. The molecule has 29 heavy (non-hydrogen) atoms. The Morgan fingerprint density at radius 1 is 1.24 bits per heavy atom. The number of nitrogens with one attached hydrogen (secondary N) is 1. The molecule has 1 aliphatic rings. The summed E-state index contributed by atoms with van der Waals surface area (Å²) in [4.78, 5) is 36.9. The summed E-state index contributed by atoms with van der Waals surface area (Å²) in [7, 11) is 1.41. The zero-order valence-corrected chi connectivity index (χ0v) is 16.0. The minimum Gasteiger partial charge on any atom is -0.550 e. The molecule has 2 rings (SSSR count). The van der Waals surface area contributed by atoms with Crippen LogP contribution in [0.25, 0.3) is 0 Å². The molecule has 0 aliphatic carbocycles. The summed E-state index contributed by atoms with van der Waals surface area (Å²) < 4.78 is 38.6. The van der Waals surface area contributed by atoms with Crippen LogP contribution in [0, 0.1) is 11.6 Å². The van der Waals surface area contributed by atoms with Crippen LogP contribution in [0.5, 0.6) is 0 Å². The van der Waals surface area contributed by atoms with E-state index in [-0.39, 0.29) is 43.9 Å². The summed E-state index contributed by atoms with van der Waals surface area (Å²) in [6.45, 7) is 1.40. The number of ether oxygens (including phenoxy) is 2. The van der Waals surface area contributed by atoms with Crippen LogP contribution in [0.15, 0.2) is 29.5 Å². The molecule has 0 radical (unpaired) electrons. The molecule has 1 atom stereocenters. The number of carbonyl (C=O) groups is 3. The lowest BCUT2D eigenvalue weighted by molar-refractivity contribution is -0.305. The molecule has 10 heteroatoms. The number of halogens is 2. The first kappa shape index (κ1) is 22.3. The fourth-order valence-corrected chi connectivity index (χ4v) is 2.99. The van der Waals surface area contributed by atoms with Gasteiger partial charge in [0.25, 0.3) is 0 Å². The highest BCUT2D eigenvalue weighted by molar-refractivity contribution is 5.95. The maximum absolute atomic E-state index is 14.3. The molecule has 0 unspecified atom stereocenters. The van der Waals surface area contributed by atoms with E-state index in [9.17, 15) is 28.3 Å². The van der Waals surface area contributed by atoms with Crippen molar-refractivity contribution in [1.82, 2.24) is 10.2 Å². The number of carboxylic acids is 1. The van der Waals surface area contributed by atoms with Crippen molar-refractivity contribution in [3.63, 3.8) is 0 Å². The molecule has 0 aromatic heterocycles. The van der Waals surface area contributed by atoms with Gasteiger partial charge in [-0.2, -0.15) is 0 Å². The highest BCUT2D eigenvalue weighted by Crippen LogP contribution is 2.34. The minimum absolute atomic E-state index is 0.0348. The number of carboxylic acid groups (broad SMARTS) is 1. The number of hydrogen-bond donors (Lipinski definition) is 1. The van der Waals surface area contributed by atoms with E-state index in [1.165, 1.54) is 14.0 Å². The van der Waals surface area contributed by atoms with Crippen LogP contribution in [-0.2, 0) is 19.1 Å². The van der Waals surface area contributed by atoms with Crippen molar-refractivity contribution in [1.29, 1.82) is 0 Å². The van der Waals surface area contributed by atoms with E-state index < -0.39 is 41.2 Å². The van der Waals surface area contributed by atoms with Crippen molar-refractivity contribution in [2.75, 3.05) is 26.9 Å². The maximum Gasteiger partial charge on any atom is 0.338 e. The van der Waals surface area contributed by atoms with Gasteiger partial charge in [0.1, 0.15) is 18.2 Å². The Labute approximate surface area is 166 Å². The maximum atomic E-state index is 14.3. The van der Waals surface area contributed by atoms with Crippen LogP contribution in [-0.4, -0.2) is 49.7 Å².